The lowest BCUT2D eigenvalue weighted by atomic mass is 10.00. The number of aromatic nitrogens is 1. The number of hydrogen-bond acceptors (Lipinski definition) is 3. The Bertz CT molecular complexity index is 1120. The van der Waals surface area contributed by atoms with E-state index in [9.17, 15) is 9.59 Å². The van der Waals surface area contributed by atoms with Gasteiger partial charge in [0.05, 0.1) is 0 Å². The second-order valence-corrected chi connectivity index (χ2v) is 7.87. The molecule has 1 aliphatic heterocycles. The molecular weight excluding hydrogens is 388 g/mol. The fourth-order valence-corrected chi connectivity index (χ4v) is 4.00. The first-order chi connectivity index (χ1) is 14.0. The zero-order chi connectivity index (χ0) is 20.4. The average Bonchev–Trinajstić information content (AvgIpc) is 2.73. The molecule has 2 aromatic carbocycles. The quantitative estimate of drug-likeness (QED) is 0.681. The maximum absolute atomic E-state index is 13.0. The summed E-state index contributed by atoms with van der Waals surface area (Å²) in [6.45, 7) is 4.02. The lowest BCUT2D eigenvalue weighted by molar-refractivity contribution is 0.0610. The number of anilines is 1. The Morgan fingerprint density at radius 2 is 1.90 bits per heavy atom. The van der Waals surface area contributed by atoms with Crippen LogP contribution >= 0.6 is 11.6 Å². The van der Waals surface area contributed by atoms with Crippen LogP contribution in [0.25, 0.3) is 10.8 Å². The molecule has 1 fully saturated rings. The summed E-state index contributed by atoms with van der Waals surface area (Å²) in [7, 11) is 0. The van der Waals surface area contributed by atoms with E-state index >= 15 is 0 Å². The molecule has 0 spiro atoms. The zero-order valence-corrected chi connectivity index (χ0v) is 17.0. The maximum Gasteiger partial charge on any atom is 0.258 e. The monoisotopic (exact) mass is 410 g/mol. The van der Waals surface area contributed by atoms with E-state index in [1.807, 2.05) is 25.3 Å². The average molecular weight is 411 g/mol. The third kappa shape index (κ3) is 4.07. The highest BCUT2D eigenvalue weighted by molar-refractivity contribution is 6.32. The Labute approximate surface area is 174 Å². The van der Waals surface area contributed by atoms with Gasteiger partial charge in [0.2, 0.25) is 0 Å². The highest BCUT2D eigenvalue weighted by Crippen LogP contribution is 2.24. The third-order valence-corrected chi connectivity index (χ3v) is 5.98. The lowest BCUT2D eigenvalue weighted by Gasteiger charge is -2.23. The van der Waals surface area contributed by atoms with Gasteiger partial charge in [0.25, 0.3) is 11.5 Å². The van der Waals surface area contributed by atoms with Crippen LogP contribution in [0.3, 0.4) is 0 Å². The number of ether oxygens (including phenoxy) is 1. The van der Waals surface area contributed by atoms with E-state index in [0.29, 0.717) is 34.1 Å². The first-order valence-corrected chi connectivity index (χ1v) is 10.2. The summed E-state index contributed by atoms with van der Waals surface area (Å²) < 4.78 is 7.18. The van der Waals surface area contributed by atoms with Gasteiger partial charge in [-0.3, -0.25) is 9.59 Å². The van der Waals surface area contributed by atoms with Crippen LogP contribution in [-0.4, -0.2) is 23.7 Å². The topological polar surface area (TPSA) is 60.3 Å². The minimum atomic E-state index is -0.246. The van der Waals surface area contributed by atoms with Gasteiger partial charge in [0.1, 0.15) is 0 Å². The van der Waals surface area contributed by atoms with Gasteiger partial charge in [0.15, 0.2) is 0 Å². The molecule has 0 atom stereocenters. The van der Waals surface area contributed by atoms with Crippen molar-refractivity contribution in [3.8, 4) is 0 Å². The molecule has 0 saturated carbocycles. The molecule has 3 aromatic rings. The molecule has 0 radical (unpaired) electrons. The predicted octanol–water partition coefficient (Wildman–Crippen LogP) is 4.64. The van der Waals surface area contributed by atoms with Crippen LogP contribution in [-0.2, 0) is 11.3 Å². The lowest BCUT2D eigenvalue weighted by Crippen LogP contribution is -2.27. The van der Waals surface area contributed by atoms with E-state index in [-0.39, 0.29) is 11.5 Å². The van der Waals surface area contributed by atoms with Crippen molar-refractivity contribution in [2.75, 3.05) is 18.5 Å². The molecule has 29 heavy (non-hydrogen) atoms. The van der Waals surface area contributed by atoms with E-state index in [4.69, 9.17) is 16.3 Å². The van der Waals surface area contributed by atoms with Crippen molar-refractivity contribution in [2.45, 2.75) is 26.3 Å². The van der Waals surface area contributed by atoms with Gasteiger partial charge in [-0.2, -0.15) is 0 Å². The van der Waals surface area contributed by atoms with Crippen LogP contribution in [0, 0.1) is 12.8 Å². The molecule has 6 heteroatoms. The second-order valence-electron chi connectivity index (χ2n) is 7.46. The molecular formula is C23H23ClN2O3. The molecule has 1 N–H and O–H groups in total. The van der Waals surface area contributed by atoms with Gasteiger partial charge in [0, 0.05) is 53.0 Å². The minimum absolute atomic E-state index is 0.0379. The van der Waals surface area contributed by atoms with E-state index < -0.39 is 0 Å². The third-order valence-electron chi connectivity index (χ3n) is 5.57. The number of nitrogens with zero attached hydrogens (tertiary/aromatic N) is 1. The van der Waals surface area contributed by atoms with E-state index in [0.717, 1.165) is 37.0 Å². The highest BCUT2D eigenvalue weighted by atomic mass is 35.5. The number of nitrogens with one attached hydrogen (secondary N) is 1. The summed E-state index contributed by atoms with van der Waals surface area (Å²) in [5.74, 6) is 0.205. The summed E-state index contributed by atoms with van der Waals surface area (Å²) in [6.07, 6.45) is 3.76. The fourth-order valence-electron chi connectivity index (χ4n) is 3.82. The Morgan fingerprint density at radius 1 is 1.14 bits per heavy atom. The van der Waals surface area contributed by atoms with Crippen LogP contribution in [0.2, 0.25) is 5.02 Å². The number of hydrogen-bond donors (Lipinski definition) is 1. The van der Waals surface area contributed by atoms with Crippen molar-refractivity contribution in [3.05, 3.63) is 75.2 Å². The zero-order valence-electron chi connectivity index (χ0n) is 16.3. The fraction of sp³-hybridized carbons (Fsp3) is 0.304. The van der Waals surface area contributed by atoms with E-state index in [1.54, 1.807) is 34.9 Å². The highest BCUT2D eigenvalue weighted by Gasteiger charge is 2.17. The van der Waals surface area contributed by atoms with Gasteiger partial charge < -0.3 is 14.6 Å². The number of carbonyl (C=O) groups excluding carboxylic acids is 1. The molecule has 1 amide bonds. The number of pyridine rings is 1. The first-order valence-electron chi connectivity index (χ1n) is 9.81. The summed E-state index contributed by atoms with van der Waals surface area (Å²) in [6, 6.07) is 12.6. The van der Waals surface area contributed by atoms with E-state index in [2.05, 4.69) is 5.32 Å². The standard InChI is InChI=1S/C23H23ClN2O3/c1-15-17(4-2-6-20(15)24)22(27)25-21-7-3-5-19-18(21)8-11-26(23(19)28)14-16-9-12-29-13-10-16/h2-8,11,16H,9-10,12-14H2,1H3,(H,25,27). The summed E-state index contributed by atoms with van der Waals surface area (Å²) >= 11 is 6.14. The molecule has 0 unspecified atom stereocenters. The summed E-state index contributed by atoms with van der Waals surface area (Å²) in [5.41, 5.74) is 1.82. The Morgan fingerprint density at radius 3 is 2.69 bits per heavy atom. The maximum atomic E-state index is 13.0. The predicted molar refractivity (Wildman–Crippen MR) is 116 cm³/mol. The number of halogens is 1. The number of rotatable bonds is 4. The van der Waals surface area contributed by atoms with Crippen LogP contribution in [0.1, 0.15) is 28.8 Å². The Balaban J connectivity index is 1.64. The SMILES string of the molecule is Cc1c(Cl)cccc1C(=O)Nc1cccc2c(=O)n(CC3CCOCC3)ccc12. The molecule has 0 aliphatic carbocycles. The van der Waals surface area contributed by atoms with Gasteiger partial charge in [-0.15, -0.1) is 0 Å². The van der Waals surface area contributed by atoms with Crippen LogP contribution in [0.5, 0.6) is 0 Å². The van der Waals surface area contributed by atoms with Crippen LogP contribution in [0.15, 0.2) is 53.5 Å². The largest absolute Gasteiger partial charge is 0.381 e. The Hall–Kier alpha value is -2.63. The molecule has 5 nitrogen and oxygen atoms in total. The molecule has 1 saturated heterocycles. The van der Waals surface area contributed by atoms with Crippen molar-refractivity contribution in [1.29, 1.82) is 0 Å². The molecule has 150 valence electrons. The number of fused-ring (bicyclic) bond motifs is 1. The Kier molecular flexibility index (Phi) is 5.69. The minimum Gasteiger partial charge on any atom is -0.381 e. The number of amides is 1. The normalized spacial score (nSPS) is 14.8. The molecule has 4 rings (SSSR count). The van der Waals surface area contributed by atoms with Crippen LogP contribution < -0.4 is 10.9 Å². The smallest absolute Gasteiger partial charge is 0.258 e. The van der Waals surface area contributed by atoms with Crippen molar-refractivity contribution in [3.63, 3.8) is 0 Å². The van der Waals surface area contributed by atoms with Crippen molar-refractivity contribution >= 4 is 34.0 Å². The van der Waals surface area contributed by atoms with Gasteiger partial charge in [-0.25, -0.2) is 0 Å². The van der Waals surface area contributed by atoms with Gasteiger partial charge in [-0.1, -0.05) is 23.7 Å². The van der Waals surface area contributed by atoms with Crippen molar-refractivity contribution < 1.29 is 9.53 Å². The van der Waals surface area contributed by atoms with Gasteiger partial charge >= 0.3 is 0 Å². The molecule has 1 aromatic heterocycles. The van der Waals surface area contributed by atoms with E-state index in [1.165, 1.54) is 0 Å². The second kappa shape index (κ2) is 8.39. The van der Waals surface area contributed by atoms with Gasteiger partial charge in [-0.05, 0) is 61.6 Å². The van der Waals surface area contributed by atoms with Crippen LogP contribution in [0.4, 0.5) is 5.69 Å². The van der Waals surface area contributed by atoms with Crippen molar-refractivity contribution in [1.82, 2.24) is 4.57 Å². The van der Waals surface area contributed by atoms with Crippen molar-refractivity contribution in [2.24, 2.45) is 5.92 Å². The number of benzene rings is 2. The first kappa shape index (κ1) is 19.7. The molecule has 1 aliphatic rings. The molecule has 0 bridgehead atoms. The molecule has 2 heterocycles. The summed E-state index contributed by atoms with van der Waals surface area (Å²) in [4.78, 5) is 25.8. The number of carbonyl (C=O) groups is 1. The summed E-state index contributed by atoms with van der Waals surface area (Å²) in [5, 5.41) is 4.81.